The van der Waals surface area contributed by atoms with Crippen molar-refractivity contribution >= 4 is 18.0 Å². The lowest BCUT2D eigenvalue weighted by Gasteiger charge is -2.38. The zero-order chi connectivity index (χ0) is 21.3. The Bertz CT molecular complexity index is 799. The van der Waals surface area contributed by atoms with Crippen LogP contribution in [0.25, 0.3) is 6.08 Å². The molecule has 130 valence electrons. The Morgan fingerprint density at radius 2 is 1.71 bits per heavy atom. The van der Waals surface area contributed by atoms with Crippen LogP contribution in [0.5, 0.6) is 5.75 Å². The predicted molar refractivity (Wildman–Crippen MR) is 78.1 cm³/mol. The normalized spacial score (nSPS) is 32.5. The summed E-state index contributed by atoms with van der Waals surface area (Å²) >= 11 is 0. The van der Waals surface area contributed by atoms with Crippen molar-refractivity contribution in [2.24, 2.45) is 0 Å². The molecule has 0 aliphatic carbocycles. The first-order chi connectivity index (χ1) is 13.0. The summed E-state index contributed by atoms with van der Waals surface area (Å²) in [6.07, 6.45) is -8.33. The molecule has 1 saturated heterocycles. The van der Waals surface area contributed by atoms with Crippen molar-refractivity contribution in [2.45, 2.75) is 30.7 Å². The van der Waals surface area contributed by atoms with Crippen molar-refractivity contribution in [3.05, 3.63) is 35.8 Å². The largest absolute Gasteiger partial charge is 0.479 e. The monoisotopic (exact) mass is 344 g/mol. The molecular formula is C15H16O9. The standard InChI is InChI=1S/C15H16O9/c16-9(17)6-3-7-1-4-8(5-2-7)23-15-12(20)10(18)11(19)13(24-15)14(21)22/h1-6,10-13,15,18-20H,(H,16,17)(H,21,22)/b6-3+/t10-,11-,12+,13-,15+/m0/s1/i1D,2D,4D,5D. The molecule has 1 aliphatic rings. The topological polar surface area (TPSA) is 154 Å². The Hall–Kier alpha value is -2.46. The second kappa shape index (κ2) is 7.41. The van der Waals surface area contributed by atoms with Gasteiger partial charge in [-0.2, -0.15) is 0 Å². The van der Waals surface area contributed by atoms with Crippen LogP contribution >= 0.6 is 0 Å². The van der Waals surface area contributed by atoms with E-state index in [-0.39, 0.29) is 5.56 Å². The maximum absolute atomic E-state index is 11.1. The molecule has 24 heavy (non-hydrogen) atoms. The van der Waals surface area contributed by atoms with Crippen LogP contribution in [0.4, 0.5) is 0 Å². The number of hydrogen-bond acceptors (Lipinski definition) is 7. The summed E-state index contributed by atoms with van der Waals surface area (Å²) in [5.74, 6) is -3.76. The zero-order valence-corrected chi connectivity index (χ0v) is 11.9. The maximum atomic E-state index is 11.1. The van der Waals surface area contributed by atoms with Crippen LogP contribution in [0.3, 0.4) is 0 Å². The fourth-order valence-corrected chi connectivity index (χ4v) is 1.87. The molecule has 0 spiro atoms. The quantitative estimate of drug-likeness (QED) is 0.425. The highest BCUT2D eigenvalue weighted by Crippen LogP contribution is 2.25. The van der Waals surface area contributed by atoms with Gasteiger partial charge in [0.25, 0.3) is 0 Å². The van der Waals surface area contributed by atoms with Crippen LogP contribution in [-0.4, -0.2) is 68.2 Å². The number of benzene rings is 1. The molecule has 1 aromatic rings. The molecule has 5 atom stereocenters. The van der Waals surface area contributed by atoms with E-state index in [0.29, 0.717) is 6.08 Å². The molecule has 9 heteroatoms. The molecule has 0 saturated carbocycles. The number of ether oxygens (including phenoxy) is 2. The molecule has 1 fully saturated rings. The van der Waals surface area contributed by atoms with Crippen LogP contribution in [-0.2, 0) is 14.3 Å². The molecular weight excluding hydrogens is 324 g/mol. The van der Waals surface area contributed by atoms with Crippen molar-refractivity contribution in [1.82, 2.24) is 0 Å². The molecule has 0 unspecified atom stereocenters. The first kappa shape index (κ1) is 12.9. The lowest BCUT2D eigenvalue weighted by molar-refractivity contribution is -0.271. The third-order valence-corrected chi connectivity index (χ3v) is 3.06. The van der Waals surface area contributed by atoms with E-state index in [1.807, 2.05) is 0 Å². The number of aliphatic carboxylic acids is 2. The van der Waals surface area contributed by atoms with Gasteiger partial charge in [-0.1, -0.05) is 12.1 Å². The van der Waals surface area contributed by atoms with Crippen molar-refractivity contribution in [2.75, 3.05) is 0 Å². The molecule has 1 heterocycles. The minimum absolute atomic E-state index is 0.339. The highest BCUT2D eigenvalue weighted by Gasteiger charge is 2.48. The Kier molecular flexibility index (Phi) is 3.98. The average molecular weight is 344 g/mol. The van der Waals surface area contributed by atoms with Crippen LogP contribution in [0.15, 0.2) is 30.2 Å². The Morgan fingerprint density at radius 1 is 1.08 bits per heavy atom. The smallest absolute Gasteiger partial charge is 0.335 e. The molecule has 9 nitrogen and oxygen atoms in total. The van der Waals surface area contributed by atoms with Crippen molar-refractivity contribution in [1.29, 1.82) is 0 Å². The molecule has 5 N–H and O–H groups in total. The summed E-state index contributed by atoms with van der Waals surface area (Å²) in [6.45, 7) is 0. The zero-order valence-electron chi connectivity index (χ0n) is 15.9. The summed E-state index contributed by atoms with van der Waals surface area (Å²) in [7, 11) is 0. The van der Waals surface area contributed by atoms with E-state index in [2.05, 4.69) is 0 Å². The minimum Gasteiger partial charge on any atom is -0.479 e. The third-order valence-electron chi connectivity index (χ3n) is 3.06. The molecule has 0 bridgehead atoms. The van der Waals surface area contributed by atoms with E-state index < -0.39 is 72.6 Å². The Morgan fingerprint density at radius 3 is 2.25 bits per heavy atom. The molecule has 0 aromatic heterocycles. The molecule has 1 aliphatic heterocycles. The van der Waals surface area contributed by atoms with Gasteiger partial charge < -0.3 is 35.0 Å². The third kappa shape index (κ3) is 4.09. The van der Waals surface area contributed by atoms with Gasteiger partial charge >= 0.3 is 11.9 Å². The second-order valence-corrected chi connectivity index (χ2v) is 4.77. The van der Waals surface area contributed by atoms with Gasteiger partial charge in [-0.3, -0.25) is 0 Å². The summed E-state index contributed by atoms with van der Waals surface area (Å²) in [4.78, 5) is 21.7. The SMILES string of the molecule is [2H]c1c([2H])c(O[C@@H]2O[C@H](C(=O)O)[C@@H](O)[C@H](O)[C@H]2O)c([2H])c([2H])c1/C=C/C(=O)O. The predicted octanol–water partition coefficient (Wildman–Crippen LogP) is -0.945. The van der Waals surface area contributed by atoms with Gasteiger partial charge in [0.2, 0.25) is 6.29 Å². The fraction of sp³-hybridized carbons (Fsp3) is 0.333. The van der Waals surface area contributed by atoms with E-state index in [0.717, 1.165) is 6.08 Å². The van der Waals surface area contributed by atoms with Gasteiger partial charge in [0.15, 0.2) is 6.10 Å². The van der Waals surface area contributed by atoms with E-state index in [4.69, 9.17) is 25.2 Å². The Balaban J connectivity index is 2.43. The van der Waals surface area contributed by atoms with Gasteiger partial charge in [-0.25, -0.2) is 9.59 Å². The van der Waals surface area contributed by atoms with E-state index >= 15 is 0 Å². The van der Waals surface area contributed by atoms with Crippen molar-refractivity contribution in [3.8, 4) is 5.75 Å². The van der Waals surface area contributed by atoms with Crippen molar-refractivity contribution in [3.63, 3.8) is 0 Å². The summed E-state index contributed by atoms with van der Waals surface area (Å²) in [6, 6.07) is -2.83. The minimum atomic E-state index is -1.98. The Labute approximate surface area is 141 Å². The lowest BCUT2D eigenvalue weighted by atomic mass is 9.99. The summed E-state index contributed by atoms with van der Waals surface area (Å²) < 4.78 is 41.5. The summed E-state index contributed by atoms with van der Waals surface area (Å²) in [5.41, 5.74) is -0.339. The highest BCUT2D eigenvalue weighted by molar-refractivity contribution is 5.85. The first-order valence-corrected chi connectivity index (χ1v) is 6.57. The van der Waals surface area contributed by atoms with Gasteiger partial charge in [0, 0.05) is 6.08 Å². The van der Waals surface area contributed by atoms with Gasteiger partial charge in [0.1, 0.15) is 24.1 Å². The number of aliphatic hydroxyl groups excluding tert-OH is 3. The summed E-state index contributed by atoms with van der Waals surface area (Å²) in [5, 5.41) is 47.0. The number of aliphatic hydroxyl groups is 3. The van der Waals surface area contributed by atoms with Gasteiger partial charge in [0.05, 0.1) is 5.48 Å². The molecule has 0 radical (unpaired) electrons. The number of rotatable bonds is 5. The van der Waals surface area contributed by atoms with Gasteiger partial charge in [-0.05, 0) is 23.7 Å². The molecule has 1 aromatic carbocycles. The fourth-order valence-electron chi connectivity index (χ4n) is 1.87. The number of hydrogen-bond donors (Lipinski definition) is 5. The first-order valence-electron chi connectivity index (χ1n) is 8.57. The van der Waals surface area contributed by atoms with Crippen LogP contribution in [0.1, 0.15) is 11.0 Å². The van der Waals surface area contributed by atoms with Gasteiger partial charge in [-0.15, -0.1) is 0 Å². The molecule has 2 rings (SSSR count). The van der Waals surface area contributed by atoms with Crippen LogP contribution in [0.2, 0.25) is 0 Å². The molecule has 0 amide bonds. The number of carbonyl (C=O) groups is 2. The van der Waals surface area contributed by atoms with E-state index in [9.17, 15) is 24.9 Å². The number of carboxylic acids is 2. The lowest BCUT2D eigenvalue weighted by Crippen LogP contribution is -2.61. The number of carboxylic acid groups (broad SMARTS) is 2. The van der Waals surface area contributed by atoms with Crippen molar-refractivity contribution < 1.29 is 50.1 Å². The van der Waals surface area contributed by atoms with Crippen LogP contribution < -0.4 is 4.74 Å². The second-order valence-electron chi connectivity index (χ2n) is 4.77. The average Bonchev–Trinajstić information content (AvgIpc) is 2.62. The maximum Gasteiger partial charge on any atom is 0.335 e. The van der Waals surface area contributed by atoms with E-state index in [1.165, 1.54) is 0 Å². The van der Waals surface area contributed by atoms with E-state index in [1.54, 1.807) is 0 Å². The highest BCUT2D eigenvalue weighted by atomic mass is 16.7. The van der Waals surface area contributed by atoms with Crippen LogP contribution in [0, 0.1) is 0 Å².